The monoisotopic (exact) mass is 310 g/mol. The number of piperazine rings is 1. The third-order valence-electron chi connectivity index (χ3n) is 3.94. The summed E-state index contributed by atoms with van der Waals surface area (Å²) in [4.78, 5) is 2.55. The summed E-state index contributed by atoms with van der Waals surface area (Å²) in [6.07, 6.45) is 0. The van der Waals surface area contributed by atoms with Gasteiger partial charge in [-0.3, -0.25) is 4.90 Å². The molecule has 0 radical (unpaired) electrons. The van der Waals surface area contributed by atoms with Crippen LogP contribution in [-0.4, -0.2) is 50.8 Å². The first kappa shape index (κ1) is 12.6. The summed E-state index contributed by atoms with van der Waals surface area (Å²) < 4.78 is 6.74. The summed E-state index contributed by atoms with van der Waals surface area (Å²) in [6, 6.07) is 8.56. The Labute approximate surface area is 117 Å². The standard InChI is InChI=1S/C14H19BrN2O/c15-13-4-2-1-3-12(13)14(10-18-11-14)9-17-7-5-16-6-8-17/h1-4,16H,5-11H2. The summed E-state index contributed by atoms with van der Waals surface area (Å²) in [5, 5.41) is 3.41. The summed E-state index contributed by atoms with van der Waals surface area (Å²) in [5.74, 6) is 0. The molecule has 3 nitrogen and oxygen atoms in total. The molecule has 2 heterocycles. The van der Waals surface area contributed by atoms with E-state index >= 15 is 0 Å². The van der Waals surface area contributed by atoms with Crippen molar-refractivity contribution in [3.05, 3.63) is 34.3 Å². The number of nitrogens with one attached hydrogen (secondary N) is 1. The first-order valence-corrected chi connectivity index (χ1v) is 7.35. The fourth-order valence-corrected chi connectivity index (χ4v) is 3.57. The topological polar surface area (TPSA) is 24.5 Å². The first-order chi connectivity index (χ1) is 8.80. The average Bonchev–Trinajstić information content (AvgIpc) is 2.36. The van der Waals surface area contributed by atoms with Gasteiger partial charge in [0.1, 0.15) is 0 Å². The van der Waals surface area contributed by atoms with Gasteiger partial charge in [0, 0.05) is 37.2 Å². The zero-order valence-electron chi connectivity index (χ0n) is 10.5. The molecular formula is C14H19BrN2O. The highest BCUT2D eigenvalue weighted by atomic mass is 79.9. The molecule has 0 unspecified atom stereocenters. The van der Waals surface area contributed by atoms with E-state index in [2.05, 4.69) is 50.4 Å². The summed E-state index contributed by atoms with van der Waals surface area (Å²) >= 11 is 3.69. The number of hydrogen-bond donors (Lipinski definition) is 1. The van der Waals surface area contributed by atoms with Gasteiger partial charge in [0.2, 0.25) is 0 Å². The van der Waals surface area contributed by atoms with Crippen LogP contribution in [0.3, 0.4) is 0 Å². The molecule has 2 aliphatic rings. The predicted octanol–water partition coefficient (Wildman–Crippen LogP) is 1.62. The Morgan fingerprint density at radius 2 is 1.94 bits per heavy atom. The van der Waals surface area contributed by atoms with Crippen LogP contribution in [0.15, 0.2) is 28.7 Å². The van der Waals surface area contributed by atoms with E-state index in [9.17, 15) is 0 Å². The van der Waals surface area contributed by atoms with Gasteiger partial charge in [-0.25, -0.2) is 0 Å². The number of halogens is 1. The van der Waals surface area contributed by atoms with Crippen molar-refractivity contribution in [2.24, 2.45) is 0 Å². The Balaban J connectivity index is 1.79. The highest BCUT2D eigenvalue weighted by Gasteiger charge is 2.42. The molecule has 18 heavy (non-hydrogen) atoms. The van der Waals surface area contributed by atoms with Gasteiger partial charge in [-0.05, 0) is 11.6 Å². The minimum Gasteiger partial charge on any atom is -0.379 e. The summed E-state index contributed by atoms with van der Waals surface area (Å²) in [7, 11) is 0. The smallest absolute Gasteiger partial charge is 0.0598 e. The number of rotatable bonds is 3. The lowest BCUT2D eigenvalue weighted by Gasteiger charge is -2.46. The number of ether oxygens (including phenoxy) is 1. The third-order valence-corrected chi connectivity index (χ3v) is 4.63. The lowest BCUT2D eigenvalue weighted by atomic mass is 9.78. The maximum Gasteiger partial charge on any atom is 0.0598 e. The van der Waals surface area contributed by atoms with Gasteiger partial charge in [-0.15, -0.1) is 0 Å². The van der Waals surface area contributed by atoms with Crippen LogP contribution in [0.25, 0.3) is 0 Å². The lowest BCUT2D eigenvalue weighted by Crippen LogP contribution is -2.57. The molecule has 98 valence electrons. The molecule has 0 aromatic heterocycles. The number of benzene rings is 1. The van der Waals surface area contributed by atoms with Crippen LogP contribution in [0.5, 0.6) is 0 Å². The molecule has 2 saturated heterocycles. The van der Waals surface area contributed by atoms with Crippen molar-refractivity contribution >= 4 is 15.9 Å². The molecule has 4 heteroatoms. The molecule has 0 bridgehead atoms. The molecule has 0 saturated carbocycles. The van der Waals surface area contributed by atoms with Gasteiger partial charge in [0.15, 0.2) is 0 Å². The van der Waals surface area contributed by atoms with E-state index in [0.717, 1.165) is 45.9 Å². The van der Waals surface area contributed by atoms with Gasteiger partial charge < -0.3 is 10.1 Å². The second-order valence-electron chi connectivity index (χ2n) is 5.28. The van der Waals surface area contributed by atoms with Gasteiger partial charge in [-0.1, -0.05) is 34.1 Å². The van der Waals surface area contributed by atoms with E-state index in [1.807, 2.05) is 0 Å². The quantitative estimate of drug-likeness (QED) is 0.918. The van der Waals surface area contributed by atoms with Gasteiger partial charge in [-0.2, -0.15) is 0 Å². The predicted molar refractivity (Wildman–Crippen MR) is 75.9 cm³/mol. The second-order valence-corrected chi connectivity index (χ2v) is 6.13. The van der Waals surface area contributed by atoms with Crippen molar-refractivity contribution < 1.29 is 4.74 Å². The van der Waals surface area contributed by atoms with Crippen LogP contribution in [0, 0.1) is 0 Å². The van der Waals surface area contributed by atoms with Crippen molar-refractivity contribution in [1.82, 2.24) is 10.2 Å². The average molecular weight is 311 g/mol. The Morgan fingerprint density at radius 1 is 1.22 bits per heavy atom. The minimum absolute atomic E-state index is 0.192. The fraction of sp³-hybridized carbons (Fsp3) is 0.571. The summed E-state index contributed by atoms with van der Waals surface area (Å²) in [6.45, 7) is 7.30. The number of hydrogen-bond acceptors (Lipinski definition) is 3. The van der Waals surface area contributed by atoms with E-state index in [1.165, 1.54) is 10.0 Å². The van der Waals surface area contributed by atoms with Crippen LogP contribution < -0.4 is 5.32 Å². The van der Waals surface area contributed by atoms with E-state index in [4.69, 9.17) is 4.74 Å². The molecule has 0 spiro atoms. The molecule has 2 fully saturated rings. The fourth-order valence-electron chi connectivity index (χ4n) is 2.87. The van der Waals surface area contributed by atoms with E-state index in [-0.39, 0.29) is 5.41 Å². The van der Waals surface area contributed by atoms with Crippen molar-refractivity contribution in [1.29, 1.82) is 0 Å². The number of nitrogens with zero attached hydrogens (tertiary/aromatic N) is 1. The van der Waals surface area contributed by atoms with Crippen molar-refractivity contribution in [2.45, 2.75) is 5.41 Å². The Hall–Kier alpha value is -0.420. The van der Waals surface area contributed by atoms with Crippen LogP contribution in [0.4, 0.5) is 0 Å². The third kappa shape index (κ3) is 2.35. The maximum absolute atomic E-state index is 5.53. The Bertz CT molecular complexity index is 414. The molecule has 0 amide bonds. The van der Waals surface area contributed by atoms with E-state index in [0.29, 0.717) is 0 Å². The molecule has 3 rings (SSSR count). The summed E-state index contributed by atoms with van der Waals surface area (Å²) in [5.41, 5.74) is 1.59. The largest absolute Gasteiger partial charge is 0.379 e. The maximum atomic E-state index is 5.53. The molecular weight excluding hydrogens is 292 g/mol. The lowest BCUT2D eigenvalue weighted by molar-refractivity contribution is -0.0759. The van der Waals surface area contributed by atoms with Crippen molar-refractivity contribution in [2.75, 3.05) is 45.9 Å². The van der Waals surface area contributed by atoms with Crippen molar-refractivity contribution in [3.8, 4) is 0 Å². The van der Waals surface area contributed by atoms with Gasteiger partial charge in [0.25, 0.3) is 0 Å². The zero-order valence-corrected chi connectivity index (χ0v) is 12.1. The van der Waals surface area contributed by atoms with Crippen LogP contribution in [0.1, 0.15) is 5.56 Å². The molecule has 0 atom stereocenters. The molecule has 1 N–H and O–H groups in total. The van der Waals surface area contributed by atoms with Crippen LogP contribution in [0.2, 0.25) is 0 Å². The Kier molecular flexibility index (Phi) is 3.71. The first-order valence-electron chi connectivity index (χ1n) is 6.56. The zero-order chi connectivity index (χ0) is 12.4. The van der Waals surface area contributed by atoms with Gasteiger partial charge in [0.05, 0.1) is 18.6 Å². The van der Waals surface area contributed by atoms with E-state index < -0.39 is 0 Å². The van der Waals surface area contributed by atoms with Crippen LogP contribution in [-0.2, 0) is 10.2 Å². The van der Waals surface area contributed by atoms with Crippen LogP contribution >= 0.6 is 15.9 Å². The molecule has 1 aromatic carbocycles. The minimum atomic E-state index is 0.192. The molecule has 1 aromatic rings. The SMILES string of the molecule is Brc1ccccc1C1(CN2CCNCC2)COC1. The Morgan fingerprint density at radius 3 is 2.56 bits per heavy atom. The van der Waals surface area contributed by atoms with Gasteiger partial charge >= 0.3 is 0 Å². The second kappa shape index (κ2) is 5.29. The van der Waals surface area contributed by atoms with E-state index in [1.54, 1.807) is 0 Å². The molecule has 0 aliphatic carbocycles. The normalized spacial score (nSPS) is 23.6. The molecule has 2 aliphatic heterocycles. The van der Waals surface area contributed by atoms with Crippen molar-refractivity contribution in [3.63, 3.8) is 0 Å². The highest BCUT2D eigenvalue weighted by Crippen LogP contribution is 2.37. The highest BCUT2D eigenvalue weighted by molar-refractivity contribution is 9.10.